The van der Waals surface area contributed by atoms with E-state index in [-0.39, 0.29) is 0 Å². The number of anilines is 1. The average Bonchev–Trinajstić information content (AvgIpc) is 2.41. The summed E-state index contributed by atoms with van der Waals surface area (Å²) in [5.74, 6) is 0.629. The molecule has 0 spiro atoms. The van der Waals surface area contributed by atoms with E-state index in [2.05, 4.69) is 68.6 Å². The fourth-order valence-electron chi connectivity index (χ4n) is 3.40. The largest absolute Gasteiger partial charge is 0.382 e. The Hall–Kier alpha value is -1.76. The average molecular weight is 265 g/mol. The molecule has 3 rings (SSSR count). The fraction of sp³-hybridized carbons (Fsp3) is 0.368. The molecule has 0 aromatic heterocycles. The zero-order valence-electron chi connectivity index (χ0n) is 12.6. The van der Waals surface area contributed by atoms with E-state index in [4.69, 9.17) is 0 Å². The predicted octanol–water partition coefficient (Wildman–Crippen LogP) is 4.83. The Morgan fingerprint density at radius 1 is 1.10 bits per heavy atom. The zero-order valence-corrected chi connectivity index (χ0v) is 12.6. The first-order valence-corrected chi connectivity index (χ1v) is 7.55. The van der Waals surface area contributed by atoms with Crippen molar-refractivity contribution < 1.29 is 0 Å². The summed E-state index contributed by atoms with van der Waals surface area (Å²) in [5.41, 5.74) is 7.06. The van der Waals surface area contributed by atoms with E-state index in [1.165, 1.54) is 34.4 Å². The van der Waals surface area contributed by atoms with Gasteiger partial charge < -0.3 is 5.32 Å². The minimum atomic E-state index is 0.556. The highest BCUT2D eigenvalue weighted by Crippen LogP contribution is 2.36. The first-order valence-electron chi connectivity index (χ1n) is 7.55. The summed E-state index contributed by atoms with van der Waals surface area (Å²) in [6.45, 7) is 6.68. The monoisotopic (exact) mass is 265 g/mol. The lowest BCUT2D eigenvalue weighted by molar-refractivity contribution is 0.550. The quantitative estimate of drug-likeness (QED) is 0.819. The number of para-hydroxylation sites is 1. The van der Waals surface area contributed by atoms with Gasteiger partial charge in [-0.15, -0.1) is 0 Å². The number of rotatable bonds is 2. The summed E-state index contributed by atoms with van der Waals surface area (Å²) in [7, 11) is 0. The molecule has 2 unspecified atom stereocenters. The van der Waals surface area contributed by atoms with Crippen LogP contribution in [0.5, 0.6) is 0 Å². The molecule has 1 N–H and O–H groups in total. The van der Waals surface area contributed by atoms with Crippen molar-refractivity contribution >= 4 is 5.69 Å². The highest BCUT2D eigenvalue weighted by atomic mass is 14.9. The summed E-state index contributed by atoms with van der Waals surface area (Å²) in [4.78, 5) is 0. The summed E-state index contributed by atoms with van der Waals surface area (Å²) in [6, 6.07) is 16.2. The minimum Gasteiger partial charge on any atom is -0.382 e. The van der Waals surface area contributed by atoms with Crippen molar-refractivity contribution in [3.05, 3.63) is 64.7 Å². The Kier molecular flexibility index (Phi) is 3.52. The number of nitrogens with one attached hydrogen (secondary N) is 1. The highest BCUT2D eigenvalue weighted by molar-refractivity contribution is 5.56. The summed E-state index contributed by atoms with van der Waals surface area (Å²) < 4.78 is 0. The molecule has 0 bridgehead atoms. The number of hydrogen-bond acceptors (Lipinski definition) is 1. The molecule has 1 aliphatic rings. The van der Waals surface area contributed by atoms with Crippen LogP contribution in [0.4, 0.5) is 5.69 Å². The molecular formula is C19H23N. The van der Waals surface area contributed by atoms with Crippen LogP contribution < -0.4 is 5.32 Å². The van der Waals surface area contributed by atoms with Crippen LogP contribution in [0, 0.1) is 13.8 Å². The first kappa shape index (κ1) is 13.2. The first-order chi connectivity index (χ1) is 9.63. The molecular weight excluding hydrogens is 242 g/mol. The third-order valence-corrected chi connectivity index (χ3v) is 4.40. The summed E-state index contributed by atoms with van der Waals surface area (Å²) in [5, 5.41) is 3.60. The van der Waals surface area contributed by atoms with E-state index in [9.17, 15) is 0 Å². The van der Waals surface area contributed by atoms with Gasteiger partial charge in [0.1, 0.15) is 0 Å². The minimum absolute atomic E-state index is 0.556. The fourth-order valence-corrected chi connectivity index (χ4v) is 3.40. The molecule has 0 amide bonds. The second-order valence-corrected chi connectivity index (χ2v) is 6.20. The van der Waals surface area contributed by atoms with Crippen LogP contribution in [0.2, 0.25) is 0 Å². The van der Waals surface area contributed by atoms with E-state index >= 15 is 0 Å². The van der Waals surface area contributed by atoms with Crippen molar-refractivity contribution in [1.29, 1.82) is 0 Å². The van der Waals surface area contributed by atoms with Crippen LogP contribution in [0.1, 0.15) is 41.5 Å². The topological polar surface area (TPSA) is 12.0 Å². The Morgan fingerprint density at radius 2 is 1.90 bits per heavy atom. The Bertz CT molecular complexity index is 615. The highest BCUT2D eigenvalue weighted by Gasteiger charge is 2.24. The van der Waals surface area contributed by atoms with Crippen molar-refractivity contribution in [2.45, 2.75) is 45.6 Å². The van der Waals surface area contributed by atoms with Gasteiger partial charge in [-0.1, -0.05) is 42.0 Å². The Morgan fingerprint density at radius 3 is 2.70 bits per heavy atom. The lowest BCUT2D eigenvalue weighted by atomic mass is 9.82. The smallest absolute Gasteiger partial charge is 0.0377 e. The molecule has 1 heteroatoms. The van der Waals surface area contributed by atoms with Crippen molar-refractivity contribution in [3.63, 3.8) is 0 Å². The molecule has 0 aliphatic carbocycles. The van der Waals surface area contributed by atoms with Gasteiger partial charge in [-0.2, -0.15) is 0 Å². The molecule has 20 heavy (non-hydrogen) atoms. The standard InChI is InChI=1S/C19H23N/c1-13-8-9-16(14(2)10-13)12-17-11-15(3)20-19-7-5-4-6-18(17)19/h4-10,15,17,20H,11-12H2,1-3H3. The molecule has 1 heterocycles. The van der Waals surface area contributed by atoms with Crippen molar-refractivity contribution in [3.8, 4) is 0 Å². The van der Waals surface area contributed by atoms with E-state index < -0.39 is 0 Å². The predicted molar refractivity (Wildman–Crippen MR) is 86.5 cm³/mol. The Labute approximate surface area is 122 Å². The van der Waals surface area contributed by atoms with Gasteiger partial charge in [0.05, 0.1) is 0 Å². The molecule has 0 saturated carbocycles. The van der Waals surface area contributed by atoms with Crippen LogP contribution in [0.25, 0.3) is 0 Å². The molecule has 1 aliphatic heterocycles. The maximum atomic E-state index is 3.60. The number of hydrogen-bond donors (Lipinski definition) is 1. The molecule has 0 radical (unpaired) electrons. The Balaban J connectivity index is 1.91. The number of aryl methyl sites for hydroxylation is 2. The normalized spacial score (nSPS) is 21.1. The van der Waals surface area contributed by atoms with Gasteiger partial charge in [0.25, 0.3) is 0 Å². The third kappa shape index (κ3) is 2.58. The second kappa shape index (κ2) is 5.32. The molecule has 2 aromatic carbocycles. The van der Waals surface area contributed by atoms with Gasteiger partial charge in [0.15, 0.2) is 0 Å². The molecule has 1 nitrogen and oxygen atoms in total. The molecule has 104 valence electrons. The van der Waals surface area contributed by atoms with E-state index in [0.29, 0.717) is 12.0 Å². The van der Waals surface area contributed by atoms with Gasteiger partial charge in [-0.25, -0.2) is 0 Å². The second-order valence-electron chi connectivity index (χ2n) is 6.20. The maximum Gasteiger partial charge on any atom is 0.0377 e. The lowest BCUT2D eigenvalue weighted by Gasteiger charge is -2.31. The van der Waals surface area contributed by atoms with Gasteiger partial charge >= 0.3 is 0 Å². The van der Waals surface area contributed by atoms with Crippen molar-refractivity contribution in [2.75, 3.05) is 5.32 Å². The number of fused-ring (bicyclic) bond motifs is 1. The lowest BCUT2D eigenvalue weighted by Crippen LogP contribution is -2.26. The molecule has 2 atom stereocenters. The summed E-state index contributed by atoms with van der Waals surface area (Å²) in [6.07, 6.45) is 2.36. The van der Waals surface area contributed by atoms with Gasteiger partial charge in [-0.05, 0) is 62.3 Å². The van der Waals surface area contributed by atoms with Crippen molar-refractivity contribution in [1.82, 2.24) is 0 Å². The summed E-state index contributed by atoms with van der Waals surface area (Å²) >= 11 is 0. The van der Waals surface area contributed by atoms with Crippen molar-refractivity contribution in [2.24, 2.45) is 0 Å². The molecule has 0 saturated heterocycles. The van der Waals surface area contributed by atoms with Crippen LogP contribution in [0.3, 0.4) is 0 Å². The van der Waals surface area contributed by atoms with Gasteiger partial charge in [-0.3, -0.25) is 0 Å². The van der Waals surface area contributed by atoms with Gasteiger partial charge in [0, 0.05) is 11.7 Å². The van der Waals surface area contributed by atoms with Gasteiger partial charge in [0.2, 0.25) is 0 Å². The SMILES string of the molecule is Cc1ccc(CC2CC(C)Nc3ccccc32)c(C)c1. The van der Waals surface area contributed by atoms with E-state index in [0.717, 1.165) is 6.42 Å². The van der Waals surface area contributed by atoms with E-state index in [1.807, 2.05) is 0 Å². The molecule has 0 fully saturated rings. The van der Waals surface area contributed by atoms with Crippen LogP contribution >= 0.6 is 0 Å². The van der Waals surface area contributed by atoms with E-state index in [1.54, 1.807) is 0 Å². The van der Waals surface area contributed by atoms with Crippen LogP contribution in [0.15, 0.2) is 42.5 Å². The number of benzene rings is 2. The van der Waals surface area contributed by atoms with Crippen LogP contribution in [-0.4, -0.2) is 6.04 Å². The maximum absolute atomic E-state index is 3.60. The third-order valence-electron chi connectivity index (χ3n) is 4.40. The molecule has 2 aromatic rings. The van der Waals surface area contributed by atoms with Crippen LogP contribution in [-0.2, 0) is 6.42 Å². The zero-order chi connectivity index (χ0) is 14.1.